The second kappa shape index (κ2) is 8.99. The second-order valence-electron chi connectivity index (χ2n) is 6.51. The summed E-state index contributed by atoms with van der Waals surface area (Å²) >= 11 is 0. The first-order valence-corrected chi connectivity index (χ1v) is 9.12. The Hall–Kier alpha value is -3.70. The van der Waals surface area contributed by atoms with E-state index in [1.165, 1.54) is 10.9 Å². The first-order chi connectivity index (χ1) is 14.0. The number of ether oxygens (including phenoxy) is 1. The molecule has 1 unspecified atom stereocenters. The molecule has 1 atom stereocenters. The van der Waals surface area contributed by atoms with Crippen molar-refractivity contribution in [3.8, 4) is 23.0 Å². The minimum absolute atomic E-state index is 0.0702. The van der Waals surface area contributed by atoms with Crippen LogP contribution in [-0.2, 0) is 4.74 Å². The van der Waals surface area contributed by atoms with Crippen molar-refractivity contribution in [2.24, 2.45) is 0 Å². The van der Waals surface area contributed by atoms with Crippen molar-refractivity contribution in [2.45, 2.75) is 19.4 Å². The normalized spacial score (nSPS) is 11.6. The number of rotatable bonds is 7. The summed E-state index contributed by atoms with van der Waals surface area (Å²) in [6.45, 7) is 2.43. The molecule has 0 spiro atoms. The lowest BCUT2D eigenvalue weighted by Crippen LogP contribution is -2.27. The zero-order valence-electron chi connectivity index (χ0n) is 16.2. The third-order valence-corrected chi connectivity index (χ3v) is 4.57. The van der Waals surface area contributed by atoms with Gasteiger partial charge in [-0.1, -0.05) is 12.1 Å². The van der Waals surface area contributed by atoms with Crippen LogP contribution in [-0.4, -0.2) is 40.4 Å². The van der Waals surface area contributed by atoms with E-state index in [1.54, 1.807) is 49.7 Å². The van der Waals surface area contributed by atoms with Gasteiger partial charge in [0.1, 0.15) is 0 Å². The van der Waals surface area contributed by atoms with Crippen molar-refractivity contribution in [2.75, 3.05) is 13.7 Å². The highest BCUT2D eigenvalue weighted by atomic mass is 16.5. The highest BCUT2D eigenvalue weighted by Gasteiger charge is 2.12. The number of nitriles is 1. The molecular formula is C21H21N5O3. The van der Waals surface area contributed by atoms with E-state index in [9.17, 15) is 9.59 Å². The minimum atomic E-state index is -0.270. The van der Waals surface area contributed by atoms with Gasteiger partial charge in [0, 0.05) is 26.0 Å². The van der Waals surface area contributed by atoms with Crippen LogP contribution in [0.2, 0.25) is 0 Å². The molecule has 0 saturated carbocycles. The van der Waals surface area contributed by atoms with E-state index in [0.717, 1.165) is 0 Å². The molecule has 0 aliphatic heterocycles. The number of amides is 1. The van der Waals surface area contributed by atoms with Crippen LogP contribution in [0.3, 0.4) is 0 Å². The third kappa shape index (κ3) is 4.59. The Morgan fingerprint density at radius 3 is 2.69 bits per heavy atom. The molecule has 148 valence electrons. The molecule has 0 radical (unpaired) electrons. The summed E-state index contributed by atoms with van der Waals surface area (Å²) in [5, 5.41) is 14.6. The van der Waals surface area contributed by atoms with Gasteiger partial charge in [-0.2, -0.15) is 5.26 Å². The van der Waals surface area contributed by atoms with Gasteiger partial charge in [-0.3, -0.25) is 14.7 Å². The van der Waals surface area contributed by atoms with Gasteiger partial charge in [0.2, 0.25) is 0 Å². The summed E-state index contributed by atoms with van der Waals surface area (Å²) in [7, 11) is 1.63. The molecular weight excluding hydrogens is 370 g/mol. The van der Waals surface area contributed by atoms with Crippen LogP contribution in [0.15, 0.2) is 53.6 Å². The summed E-state index contributed by atoms with van der Waals surface area (Å²) in [6.07, 6.45) is 3.80. The molecule has 2 N–H and O–H groups in total. The van der Waals surface area contributed by atoms with E-state index in [0.29, 0.717) is 41.0 Å². The number of hydrogen-bond acceptors (Lipinski definition) is 5. The van der Waals surface area contributed by atoms with Gasteiger partial charge >= 0.3 is 0 Å². The summed E-state index contributed by atoms with van der Waals surface area (Å²) in [5.74, 6) is 0.143. The summed E-state index contributed by atoms with van der Waals surface area (Å²) < 4.78 is 6.45. The van der Waals surface area contributed by atoms with E-state index >= 15 is 0 Å². The molecule has 29 heavy (non-hydrogen) atoms. The van der Waals surface area contributed by atoms with Crippen LogP contribution in [0.25, 0.3) is 16.9 Å². The standard InChI is InChI=1S/C21H21N5O3/c1-14(29-2)9-10-23-20(27)17-7-8-19(24-12-17)26-21(28)18(13-25-26)16-5-3-15(11-22)4-6-16/h3-8,12-14,25H,9-10H2,1-2H3,(H,23,27). The summed E-state index contributed by atoms with van der Waals surface area (Å²) in [4.78, 5) is 29.1. The monoisotopic (exact) mass is 391 g/mol. The Morgan fingerprint density at radius 2 is 2.07 bits per heavy atom. The summed E-state index contributed by atoms with van der Waals surface area (Å²) in [5.41, 5.74) is 1.83. The number of methoxy groups -OCH3 is 1. The number of carbonyl (C=O) groups excluding carboxylic acids is 1. The molecule has 2 heterocycles. The fourth-order valence-corrected chi connectivity index (χ4v) is 2.73. The highest BCUT2D eigenvalue weighted by Crippen LogP contribution is 2.16. The molecule has 3 rings (SSSR count). The lowest BCUT2D eigenvalue weighted by Gasteiger charge is -2.10. The molecule has 8 heteroatoms. The minimum Gasteiger partial charge on any atom is -0.382 e. The Morgan fingerprint density at radius 1 is 1.31 bits per heavy atom. The number of nitrogens with one attached hydrogen (secondary N) is 2. The third-order valence-electron chi connectivity index (χ3n) is 4.57. The maximum absolute atomic E-state index is 12.7. The quantitative estimate of drug-likeness (QED) is 0.641. The fraction of sp³-hybridized carbons (Fsp3) is 0.238. The molecule has 3 aromatic rings. The van der Waals surface area contributed by atoms with Crippen molar-refractivity contribution < 1.29 is 9.53 Å². The number of aromatic amines is 1. The average Bonchev–Trinajstić information content (AvgIpc) is 3.14. The fourth-order valence-electron chi connectivity index (χ4n) is 2.73. The van der Waals surface area contributed by atoms with Crippen molar-refractivity contribution in [1.29, 1.82) is 5.26 Å². The molecule has 0 fully saturated rings. The van der Waals surface area contributed by atoms with Gasteiger partial charge in [-0.15, -0.1) is 0 Å². The van der Waals surface area contributed by atoms with E-state index in [2.05, 4.69) is 15.4 Å². The van der Waals surface area contributed by atoms with Gasteiger partial charge in [-0.05, 0) is 43.2 Å². The molecule has 8 nitrogen and oxygen atoms in total. The average molecular weight is 391 g/mol. The number of H-pyrrole nitrogens is 1. The number of nitrogens with zero attached hydrogens (tertiary/aromatic N) is 3. The van der Waals surface area contributed by atoms with E-state index in [4.69, 9.17) is 10.00 Å². The molecule has 0 bridgehead atoms. The Labute approximate surface area is 167 Å². The molecule has 1 amide bonds. The number of aromatic nitrogens is 3. The van der Waals surface area contributed by atoms with Gasteiger partial charge in [0.25, 0.3) is 11.5 Å². The lowest BCUT2D eigenvalue weighted by molar-refractivity contribution is 0.0917. The van der Waals surface area contributed by atoms with Gasteiger partial charge in [0.15, 0.2) is 5.82 Å². The zero-order valence-corrected chi connectivity index (χ0v) is 16.2. The largest absolute Gasteiger partial charge is 0.382 e. The summed E-state index contributed by atoms with van der Waals surface area (Å²) in [6, 6.07) is 12.0. The predicted molar refractivity (Wildman–Crippen MR) is 108 cm³/mol. The number of hydrogen-bond donors (Lipinski definition) is 2. The van der Waals surface area contributed by atoms with Crippen LogP contribution in [0.1, 0.15) is 29.3 Å². The number of carbonyl (C=O) groups is 1. The first kappa shape index (κ1) is 20.0. The smallest absolute Gasteiger partial charge is 0.280 e. The molecule has 2 aromatic heterocycles. The predicted octanol–water partition coefficient (Wildman–Crippen LogP) is 2.25. The molecule has 0 saturated heterocycles. The maximum Gasteiger partial charge on any atom is 0.280 e. The van der Waals surface area contributed by atoms with E-state index in [-0.39, 0.29) is 17.6 Å². The van der Waals surface area contributed by atoms with E-state index in [1.807, 2.05) is 13.0 Å². The van der Waals surface area contributed by atoms with E-state index < -0.39 is 0 Å². The topological polar surface area (TPSA) is 113 Å². The van der Waals surface area contributed by atoms with Gasteiger partial charge < -0.3 is 10.1 Å². The zero-order chi connectivity index (χ0) is 20.8. The van der Waals surface area contributed by atoms with Crippen LogP contribution in [0, 0.1) is 11.3 Å². The number of benzene rings is 1. The van der Waals surface area contributed by atoms with Crippen molar-refractivity contribution in [1.82, 2.24) is 20.1 Å². The van der Waals surface area contributed by atoms with Gasteiger partial charge in [0.05, 0.1) is 28.9 Å². The van der Waals surface area contributed by atoms with Crippen LogP contribution >= 0.6 is 0 Å². The first-order valence-electron chi connectivity index (χ1n) is 9.12. The lowest BCUT2D eigenvalue weighted by atomic mass is 10.1. The highest BCUT2D eigenvalue weighted by molar-refractivity contribution is 5.93. The maximum atomic E-state index is 12.7. The van der Waals surface area contributed by atoms with Gasteiger partial charge in [-0.25, -0.2) is 9.67 Å². The molecule has 0 aliphatic carbocycles. The molecule has 0 aliphatic rings. The SMILES string of the molecule is COC(C)CCNC(=O)c1ccc(-n2[nH]cc(-c3ccc(C#N)cc3)c2=O)nc1. The van der Waals surface area contributed by atoms with Crippen LogP contribution in [0.4, 0.5) is 0 Å². The number of pyridine rings is 1. The van der Waals surface area contributed by atoms with Crippen molar-refractivity contribution in [3.63, 3.8) is 0 Å². The Bertz CT molecular complexity index is 1080. The Balaban J connectivity index is 1.73. The van der Waals surface area contributed by atoms with Crippen LogP contribution < -0.4 is 10.9 Å². The van der Waals surface area contributed by atoms with Crippen molar-refractivity contribution >= 4 is 5.91 Å². The second-order valence-corrected chi connectivity index (χ2v) is 6.51. The van der Waals surface area contributed by atoms with Crippen molar-refractivity contribution in [3.05, 3.63) is 70.3 Å². The molecule has 1 aromatic carbocycles. The Kier molecular flexibility index (Phi) is 6.22. The van der Waals surface area contributed by atoms with Crippen LogP contribution in [0.5, 0.6) is 0 Å².